The summed E-state index contributed by atoms with van der Waals surface area (Å²) in [6.45, 7) is 20.2. The Kier molecular flexibility index (Phi) is 13.5. The summed E-state index contributed by atoms with van der Waals surface area (Å²) in [4.78, 5) is 12.2. The Hall–Kier alpha value is -3.31. The molecular formula is C40H54O4. The molecule has 0 unspecified atom stereocenters. The summed E-state index contributed by atoms with van der Waals surface area (Å²) in [7, 11) is 0. The number of hydrogen-bond donors (Lipinski definition) is 3. The molecule has 3 atom stereocenters. The van der Waals surface area contributed by atoms with Crippen LogP contribution in [0.3, 0.4) is 0 Å². The van der Waals surface area contributed by atoms with Gasteiger partial charge in [-0.15, -0.1) is 0 Å². The summed E-state index contributed by atoms with van der Waals surface area (Å²) < 4.78 is 0. The second-order valence-electron chi connectivity index (χ2n) is 13.6. The number of hydrogen-bond acceptors (Lipinski definition) is 4. The Morgan fingerprint density at radius 1 is 0.636 bits per heavy atom. The fourth-order valence-corrected chi connectivity index (χ4v) is 5.78. The van der Waals surface area contributed by atoms with Crippen LogP contribution in [-0.2, 0) is 4.79 Å². The second kappa shape index (κ2) is 16.1. The van der Waals surface area contributed by atoms with Gasteiger partial charge in [0, 0.05) is 0 Å². The molecule has 2 aliphatic rings. The van der Waals surface area contributed by atoms with E-state index >= 15 is 0 Å². The molecule has 44 heavy (non-hydrogen) atoms. The maximum absolute atomic E-state index is 12.2. The molecule has 3 N–H and O–H groups in total. The molecule has 0 aliphatic heterocycles. The van der Waals surface area contributed by atoms with Gasteiger partial charge in [0.15, 0.2) is 5.78 Å². The van der Waals surface area contributed by atoms with Crippen LogP contribution in [-0.4, -0.2) is 39.4 Å². The summed E-state index contributed by atoms with van der Waals surface area (Å²) in [6, 6.07) is 0. The van der Waals surface area contributed by atoms with Gasteiger partial charge in [-0.25, -0.2) is 0 Å². The van der Waals surface area contributed by atoms with Crippen LogP contribution in [0.4, 0.5) is 0 Å². The lowest BCUT2D eigenvalue weighted by molar-refractivity contribution is -0.125. The fourth-order valence-electron chi connectivity index (χ4n) is 5.78. The lowest BCUT2D eigenvalue weighted by Gasteiger charge is -2.38. The van der Waals surface area contributed by atoms with Crippen LogP contribution >= 0.6 is 0 Å². The Labute approximate surface area is 266 Å². The Bertz CT molecular complexity index is 1410. The quantitative estimate of drug-likeness (QED) is 0.220. The molecule has 0 aromatic rings. The first-order valence-electron chi connectivity index (χ1n) is 15.5. The molecule has 4 nitrogen and oxygen atoms in total. The molecule has 0 saturated carbocycles. The lowest BCUT2D eigenvalue weighted by Crippen LogP contribution is -2.38. The molecule has 0 saturated heterocycles. The molecule has 4 heteroatoms. The number of Topliss-reactive ketones (excluding diaryl/α,β-unsaturated/α-hetero) is 1. The van der Waals surface area contributed by atoms with E-state index in [2.05, 4.69) is 91.0 Å². The zero-order chi connectivity index (χ0) is 33.2. The minimum absolute atomic E-state index is 0.173. The predicted molar refractivity (Wildman–Crippen MR) is 186 cm³/mol. The first-order chi connectivity index (χ1) is 20.5. The third-order valence-corrected chi connectivity index (χ3v) is 8.48. The van der Waals surface area contributed by atoms with Crippen LogP contribution < -0.4 is 0 Å². The molecule has 0 radical (unpaired) electrons. The molecule has 238 valence electrons. The number of carbonyl (C=O) groups is 1. The molecule has 0 bridgehead atoms. The Morgan fingerprint density at radius 3 is 1.55 bits per heavy atom. The number of ketones is 1. The first kappa shape index (κ1) is 36.9. The van der Waals surface area contributed by atoms with Crippen LogP contribution in [0.5, 0.6) is 0 Å². The molecule has 0 aromatic carbocycles. The van der Waals surface area contributed by atoms with Gasteiger partial charge in [-0.05, 0) is 87.5 Å². The van der Waals surface area contributed by atoms with Gasteiger partial charge < -0.3 is 15.3 Å². The standard InChI is InChI=1S/C40H54O4/c1-27(17-13-19-29(3)21-23-33-31(5)37(43)35(41)25-39(33,7)8)15-11-12-16-28(2)18-14-20-30(4)22-24-34-32(6)38(44)36(42)26-40(34,9)10/h11-24,35-37,41-43H,25-26H2,1-10H3/b12-11+,17-13+,18-14+,23-21+,24-22+,27-15+,28-16+,29-19+,30-20+/t35-,36+,37-/m1/s1. The SMILES string of the molecule is CC1=C(/C=C/C(C)=C/C=C/C(C)=C/C=C/C=C(C)/C=C/C=C(C)/C=C/C2=C(C)[C@@H](O)[C@H](O)CC2(C)C)C(C)(C)C[C@H](O)C1=O. The number of allylic oxidation sites excluding steroid dienone is 20. The molecule has 0 fully saturated rings. The van der Waals surface area contributed by atoms with E-state index in [0.29, 0.717) is 18.4 Å². The van der Waals surface area contributed by atoms with Gasteiger partial charge in [-0.1, -0.05) is 135 Å². The minimum Gasteiger partial charge on any atom is -0.390 e. The van der Waals surface area contributed by atoms with Gasteiger partial charge in [0.2, 0.25) is 0 Å². The van der Waals surface area contributed by atoms with Crippen LogP contribution in [0, 0.1) is 10.8 Å². The second-order valence-corrected chi connectivity index (χ2v) is 13.6. The maximum Gasteiger partial charge on any atom is 0.187 e. The van der Waals surface area contributed by atoms with E-state index in [1.807, 2.05) is 56.4 Å². The van der Waals surface area contributed by atoms with Gasteiger partial charge >= 0.3 is 0 Å². The van der Waals surface area contributed by atoms with E-state index in [0.717, 1.165) is 39.0 Å². The molecular weight excluding hydrogens is 544 g/mol. The monoisotopic (exact) mass is 598 g/mol. The van der Waals surface area contributed by atoms with E-state index in [-0.39, 0.29) is 16.6 Å². The molecule has 2 rings (SSSR count). The van der Waals surface area contributed by atoms with E-state index in [1.54, 1.807) is 6.92 Å². The van der Waals surface area contributed by atoms with Crippen molar-refractivity contribution in [2.45, 2.75) is 100 Å². The fraction of sp³-hybridized carbons (Fsp3) is 0.425. The minimum atomic E-state index is -0.905. The molecule has 0 spiro atoms. The van der Waals surface area contributed by atoms with E-state index in [4.69, 9.17) is 0 Å². The van der Waals surface area contributed by atoms with Crippen molar-refractivity contribution < 1.29 is 20.1 Å². The normalized spacial score (nSPS) is 26.2. The van der Waals surface area contributed by atoms with Gasteiger partial charge in [-0.3, -0.25) is 4.79 Å². The summed E-state index contributed by atoms with van der Waals surface area (Å²) in [6.07, 6.45) is 27.2. The highest BCUT2D eigenvalue weighted by molar-refractivity contribution is 6.00. The smallest absolute Gasteiger partial charge is 0.187 e. The number of aliphatic hydroxyl groups excluding tert-OH is 3. The highest BCUT2D eigenvalue weighted by Crippen LogP contribution is 2.41. The zero-order valence-electron chi connectivity index (χ0n) is 28.5. The molecule has 0 aromatic heterocycles. The lowest BCUT2D eigenvalue weighted by atomic mass is 9.70. The van der Waals surface area contributed by atoms with Crippen molar-refractivity contribution in [3.63, 3.8) is 0 Å². The van der Waals surface area contributed by atoms with Gasteiger partial charge in [0.05, 0.1) is 6.10 Å². The summed E-state index contributed by atoms with van der Waals surface area (Å²) >= 11 is 0. The van der Waals surface area contributed by atoms with E-state index in [9.17, 15) is 20.1 Å². The van der Waals surface area contributed by atoms with Crippen molar-refractivity contribution in [3.05, 3.63) is 130 Å². The average Bonchev–Trinajstić information content (AvgIpc) is 2.92. The summed E-state index contributed by atoms with van der Waals surface area (Å²) in [5, 5.41) is 30.4. The van der Waals surface area contributed by atoms with Crippen LogP contribution in [0.15, 0.2) is 130 Å². The van der Waals surface area contributed by atoms with E-state index in [1.165, 1.54) is 0 Å². The van der Waals surface area contributed by atoms with Crippen molar-refractivity contribution in [2.75, 3.05) is 0 Å². The van der Waals surface area contributed by atoms with Crippen LogP contribution in [0.25, 0.3) is 0 Å². The first-order valence-corrected chi connectivity index (χ1v) is 15.5. The van der Waals surface area contributed by atoms with Crippen LogP contribution in [0.2, 0.25) is 0 Å². The highest BCUT2D eigenvalue weighted by Gasteiger charge is 2.37. The van der Waals surface area contributed by atoms with Gasteiger partial charge in [0.25, 0.3) is 0 Å². The van der Waals surface area contributed by atoms with Crippen molar-refractivity contribution >= 4 is 5.78 Å². The number of carbonyl (C=O) groups excluding carboxylic acids is 1. The average molecular weight is 599 g/mol. The van der Waals surface area contributed by atoms with Crippen molar-refractivity contribution in [1.82, 2.24) is 0 Å². The van der Waals surface area contributed by atoms with Gasteiger partial charge in [-0.2, -0.15) is 0 Å². The molecule has 2 aliphatic carbocycles. The predicted octanol–water partition coefficient (Wildman–Crippen LogP) is 8.70. The van der Waals surface area contributed by atoms with E-state index < -0.39 is 18.3 Å². The Morgan fingerprint density at radius 2 is 1.05 bits per heavy atom. The number of aliphatic hydroxyl groups is 3. The topological polar surface area (TPSA) is 77.8 Å². The summed E-state index contributed by atoms with van der Waals surface area (Å²) in [5.41, 5.74) is 7.57. The third kappa shape index (κ3) is 10.7. The van der Waals surface area contributed by atoms with Crippen molar-refractivity contribution in [1.29, 1.82) is 0 Å². The summed E-state index contributed by atoms with van der Waals surface area (Å²) in [5.74, 6) is -0.173. The van der Waals surface area contributed by atoms with Crippen molar-refractivity contribution in [2.24, 2.45) is 10.8 Å². The molecule has 0 amide bonds. The van der Waals surface area contributed by atoms with Gasteiger partial charge in [0.1, 0.15) is 12.2 Å². The van der Waals surface area contributed by atoms with Crippen LogP contribution in [0.1, 0.15) is 82.1 Å². The number of rotatable bonds is 10. The highest BCUT2D eigenvalue weighted by atomic mass is 16.3. The van der Waals surface area contributed by atoms with Crippen molar-refractivity contribution in [3.8, 4) is 0 Å². The third-order valence-electron chi connectivity index (χ3n) is 8.48. The maximum atomic E-state index is 12.2. The largest absolute Gasteiger partial charge is 0.390 e. The Balaban J connectivity index is 1.95. The molecule has 0 heterocycles. The zero-order valence-corrected chi connectivity index (χ0v) is 28.5.